The van der Waals surface area contributed by atoms with E-state index in [1.54, 1.807) is 12.1 Å². The highest BCUT2D eigenvalue weighted by Gasteiger charge is 2.27. The summed E-state index contributed by atoms with van der Waals surface area (Å²) in [6, 6.07) is 6.58. The highest BCUT2D eigenvalue weighted by Crippen LogP contribution is 2.25. The molecule has 7 heteroatoms. The lowest BCUT2D eigenvalue weighted by molar-refractivity contribution is 0.0593. The number of benzene rings is 1. The molecule has 0 bridgehead atoms. The Labute approximate surface area is 165 Å². The van der Waals surface area contributed by atoms with Crippen LogP contribution in [0.25, 0.3) is 0 Å². The van der Waals surface area contributed by atoms with E-state index in [9.17, 15) is 9.18 Å². The summed E-state index contributed by atoms with van der Waals surface area (Å²) in [4.78, 5) is 23.2. The van der Waals surface area contributed by atoms with Crippen molar-refractivity contribution in [3.05, 3.63) is 53.2 Å². The molecule has 1 N–H and O–H groups in total. The van der Waals surface area contributed by atoms with Crippen molar-refractivity contribution in [2.24, 2.45) is 5.92 Å². The van der Waals surface area contributed by atoms with Gasteiger partial charge in [-0.05, 0) is 43.6 Å². The summed E-state index contributed by atoms with van der Waals surface area (Å²) < 4.78 is 18.0. The average Bonchev–Trinajstić information content (AvgIpc) is 2.71. The number of nitrogens with one attached hydrogen (secondary N) is 1. The highest BCUT2D eigenvalue weighted by atomic mass is 19.1. The van der Waals surface area contributed by atoms with Crippen LogP contribution in [0.3, 0.4) is 0 Å². The van der Waals surface area contributed by atoms with Gasteiger partial charge < -0.3 is 15.0 Å². The lowest BCUT2D eigenvalue weighted by Crippen LogP contribution is -2.44. The summed E-state index contributed by atoms with van der Waals surface area (Å²) in [5, 5.41) is 3.56. The minimum absolute atomic E-state index is 0.167. The fourth-order valence-electron chi connectivity index (χ4n) is 3.66. The fourth-order valence-corrected chi connectivity index (χ4v) is 3.66. The molecule has 2 aromatic rings. The van der Waals surface area contributed by atoms with Crippen LogP contribution < -0.4 is 5.32 Å². The molecule has 150 valence electrons. The number of nitrogens with zero attached hydrogens (tertiary/aromatic N) is 3. The Morgan fingerprint density at radius 1 is 1.36 bits per heavy atom. The van der Waals surface area contributed by atoms with Crippen molar-refractivity contribution >= 4 is 11.8 Å². The first-order chi connectivity index (χ1) is 13.5. The Morgan fingerprint density at radius 2 is 2.11 bits per heavy atom. The number of piperidine rings is 1. The molecule has 3 rings (SSSR count). The lowest BCUT2D eigenvalue weighted by atomic mass is 9.90. The zero-order valence-corrected chi connectivity index (χ0v) is 16.6. The third-order valence-electron chi connectivity index (χ3n) is 5.31. The average molecular weight is 386 g/mol. The number of likely N-dealkylation sites (tertiary alicyclic amines) is 1. The predicted molar refractivity (Wildman–Crippen MR) is 106 cm³/mol. The number of aromatic nitrogens is 2. The minimum atomic E-state index is -0.523. The second-order valence-corrected chi connectivity index (χ2v) is 7.32. The fraction of sp³-hybridized carbons (Fsp3) is 0.476. The number of methoxy groups -OCH3 is 1. The summed E-state index contributed by atoms with van der Waals surface area (Å²) in [5.41, 5.74) is 1.72. The van der Waals surface area contributed by atoms with Crippen molar-refractivity contribution in [3.63, 3.8) is 0 Å². The molecule has 6 nitrogen and oxygen atoms in total. The van der Waals surface area contributed by atoms with Crippen molar-refractivity contribution in [2.45, 2.75) is 32.2 Å². The molecule has 0 unspecified atom stereocenters. The molecule has 0 aliphatic carbocycles. The molecule has 2 heterocycles. The van der Waals surface area contributed by atoms with Gasteiger partial charge in [-0.15, -0.1) is 0 Å². The van der Waals surface area contributed by atoms with Gasteiger partial charge in [-0.25, -0.2) is 19.2 Å². The molecule has 1 saturated heterocycles. The molecule has 0 spiro atoms. The lowest BCUT2D eigenvalue weighted by Gasteiger charge is -2.37. The first-order valence-corrected chi connectivity index (χ1v) is 9.64. The van der Waals surface area contributed by atoms with Crippen molar-refractivity contribution in [2.75, 3.05) is 32.6 Å². The number of rotatable bonds is 6. The number of esters is 1. The number of hydrogen-bond acceptors (Lipinski definition) is 6. The Kier molecular flexibility index (Phi) is 6.57. The Morgan fingerprint density at radius 3 is 2.79 bits per heavy atom. The van der Waals surface area contributed by atoms with Crippen LogP contribution in [-0.2, 0) is 11.2 Å². The van der Waals surface area contributed by atoms with Crippen LogP contribution in [0.1, 0.15) is 41.5 Å². The van der Waals surface area contributed by atoms with Crippen LogP contribution in [0.4, 0.5) is 10.2 Å². The van der Waals surface area contributed by atoms with E-state index in [0.29, 0.717) is 29.9 Å². The van der Waals surface area contributed by atoms with E-state index >= 15 is 0 Å². The first kappa shape index (κ1) is 20.2. The molecule has 1 aliphatic rings. The number of halogens is 1. The smallest absolute Gasteiger partial charge is 0.358 e. The summed E-state index contributed by atoms with van der Waals surface area (Å²) in [6.45, 7) is 4.26. The minimum Gasteiger partial charge on any atom is -0.464 e. The van der Waals surface area contributed by atoms with Gasteiger partial charge in [-0.3, -0.25) is 0 Å². The van der Waals surface area contributed by atoms with Gasteiger partial charge in [0.2, 0.25) is 0 Å². The second kappa shape index (κ2) is 9.10. The van der Waals surface area contributed by atoms with E-state index < -0.39 is 5.97 Å². The van der Waals surface area contributed by atoms with Crippen molar-refractivity contribution in [3.8, 4) is 0 Å². The maximum atomic E-state index is 13.2. The monoisotopic (exact) mass is 386 g/mol. The van der Waals surface area contributed by atoms with Crippen LogP contribution in [0.5, 0.6) is 0 Å². The number of carbonyl (C=O) groups is 1. The Bertz CT molecular complexity index is 813. The quantitative estimate of drug-likeness (QED) is 0.770. The van der Waals surface area contributed by atoms with Gasteiger partial charge in [0.1, 0.15) is 11.6 Å². The molecule has 1 aliphatic heterocycles. The molecule has 1 aromatic carbocycles. The Balaban J connectivity index is 1.88. The third kappa shape index (κ3) is 4.84. The number of ether oxygens (including phenoxy) is 1. The van der Waals surface area contributed by atoms with Gasteiger partial charge in [0, 0.05) is 19.0 Å². The SMILES string of the molecule is CC[C@@H]1CN(C)CC[C@H]1Nc1ncc(C(=O)OC)nc1Cc1ccc(F)cc1. The molecule has 0 amide bonds. The van der Waals surface area contributed by atoms with Gasteiger partial charge in [0.05, 0.1) is 19.0 Å². The standard InChI is InChI=1S/C21H27FN4O2/c1-4-15-13-26(2)10-9-17(15)25-20-18(11-14-5-7-16(22)8-6-14)24-19(12-23-20)21(27)28-3/h5-8,12,15,17H,4,9-11,13H2,1-3H3,(H,23,25)/t15-,17-/m1/s1. The largest absolute Gasteiger partial charge is 0.464 e. The zero-order chi connectivity index (χ0) is 20.1. The second-order valence-electron chi connectivity index (χ2n) is 7.32. The maximum Gasteiger partial charge on any atom is 0.358 e. The van der Waals surface area contributed by atoms with Crippen molar-refractivity contribution in [1.29, 1.82) is 0 Å². The van der Waals surface area contributed by atoms with Crippen LogP contribution >= 0.6 is 0 Å². The number of anilines is 1. The van der Waals surface area contributed by atoms with Gasteiger partial charge in [-0.1, -0.05) is 25.5 Å². The maximum absolute atomic E-state index is 13.2. The van der Waals surface area contributed by atoms with Crippen LogP contribution in [0.15, 0.2) is 30.5 Å². The molecule has 28 heavy (non-hydrogen) atoms. The molecular weight excluding hydrogens is 359 g/mol. The zero-order valence-electron chi connectivity index (χ0n) is 16.6. The highest BCUT2D eigenvalue weighted by molar-refractivity contribution is 5.87. The van der Waals surface area contributed by atoms with Crippen LogP contribution in [0.2, 0.25) is 0 Å². The number of carbonyl (C=O) groups excluding carboxylic acids is 1. The summed E-state index contributed by atoms with van der Waals surface area (Å²) in [7, 11) is 3.46. The summed E-state index contributed by atoms with van der Waals surface area (Å²) >= 11 is 0. The van der Waals surface area contributed by atoms with E-state index in [1.165, 1.54) is 25.4 Å². The summed E-state index contributed by atoms with van der Waals surface area (Å²) in [5.74, 6) is 0.378. The number of hydrogen-bond donors (Lipinski definition) is 1. The van der Waals surface area contributed by atoms with E-state index in [1.807, 2.05) is 0 Å². The predicted octanol–water partition coefficient (Wildman–Crippen LogP) is 3.14. The van der Waals surface area contributed by atoms with Gasteiger partial charge in [0.25, 0.3) is 0 Å². The molecule has 2 atom stereocenters. The molecule has 1 fully saturated rings. The Hall–Kier alpha value is -2.54. The van der Waals surface area contributed by atoms with Crippen molar-refractivity contribution in [1.82, 2.24) is 14.9 Å². The van der Waals surface area contributed by atoms with Gasteiger partial charge in [-0.2, -0.15) is 0 Å². The molecule has 0 radical (unpaired) electrons. The van der Waals surface area contributed by atoms with E-state index in [0.717, 1.165) is 31.5 Å². The van der Waals surface area contributed by atoms with Crippen LogP contribution in [0, 0.1) is 11.7 Å². The molecule has 0 saturated carbocycles. The normalized spacial score (nSPS) is 20.0. The van der Waals surface area contributed by atoms with E-state index in [4.69, 9.17) is 4.74 Å². The van der Waals surface area contributed by atoms with Gasteiger partial charge >= 0.3 is 5.97 Å². The van der Waals surface area contributed by atoms with Crippen LogP contribution in [-0.4, -0.2) is 54.1 Å². The third-order valence-corrected chi connectivity index (χ3v) is 5.31. The van der Waals surface area contributed by atoms with E-state index in [2.05, 4.69) is 34.2 Å². The topological polar surface area (TPSA) is 67.4 Å². The van der Waals surface area contributed by atoms with Crippen molar-refractivity contribution < 1.29 is 13.9 Å². The van der Waals surface area contributed by atoms with Gasteiger partial charge in [0.15, 0.2) is 5.69 Å². The van der Waals surface area contributed by atoms with E-state index in [-0.39, 0.29) is 11.5 Å². The molecule has 1 aromatic heterocycles. The molecular formula is C21H27FN4O2. The summed E-state index contributed by atoms with van der Waals surface area (Å²) in [6.07, 6.45) is 3.98. The first-order valence-electron chi connectivity index (χ1n) is 9.64.